The van der Waals surface area contributed by atoms with E-state index >= 15 is 0 Å². The maximum absolute atomic E-state index is 12.6. The van der Waals surface area contributed by atoms with Gasteiger partial charge in [-0.3, -0.25) is 9.59 Å². The molecule has 0 bridgehead atoms. The molecule has 0 spiro atoms. The van der Waals surface area contributed by atoms with Crippen LogP contribution in [0.1, 0.15) is 39.1 Å². The van der Waals surface area contributed by atoms with Gasteiger partial charge in [-0.2, -0.15) is 5.26 Å². The molecule has 6 nitrogen and oxygen atoms in total. The molecule has 0 saturated carbocycles. The quantitative estimate of drug-likeness (QED) is 0.620. The lowest BCUT2D eigenvalue weighted by Gasteiger charge is -2.22. The van der Waals surface area contributed by atoms with Crippen LogP contribution in [-0.2, 0) is 20.7 Å². The van der Waals surface area contributed by atoms with E-state index < -0.39 is 17.4 Å². The second-order valence-electron chi connectivity index (χ2n) is 5.10. The Morgan fingerprint density at radius 1 is 1.32 bits per heavy atom. The topological polar surface area (TPSA) is 93.5 Å². The highest BCUT2D eigenvalue weighted by atomic mass is 16.5. The van der Waals surface area contributed by atoms with Crippen molar-refractivity contribution in [3.63, 3.8) is 0 Å². The Hall–Kier alpha value is -2.68. The summed E-state index contributed by atoms with van der Waals surface area (Å²) in [5, 5.41) is 8.77. The lowest BCUT2D eigenvalue weighted by atomic mass is 9.79. The van der Waals surface area contributed by atoms with Gasteiger partial charge in [-0.25, -0.2) is 4.79 Å². The van der Waals surface area contributed by atoms with Gasteiger partial charge in [0.15, 0.2) is 5.78 Å². The molecular weight excluding hydrogens is 286 g/mol. The highest BCUT2D eigenvalue weighted by Crippen LogP contribution is 2.41. The van der Waals surface area contributed by atoms with E-state index in [2.05, 4.69) is 4.74 Å². The summed E-state index contributed by atoms with van der Waals surface area (Å²) in [5.41, 5.74) is -0.0797. The van der Waals surface area contributed by atoms with Crippen molar-refractivity contribution >= 4 is 17.7 Å². The molecule has 2 rings (SSSR count). The van der Waals surface area contributed by atoms with Crippen molar-refractivity contribution in [2.75, 3.05) is 14.2 Å². The molecule has 1 unspecified atom stereocenters. The Balaban J connectivity index is 2.46. The SMILES string of the molecule is COC(=O)c1ccc2c(c1)CC(CCC#N)(C(=O)OC)C2=O. The molecule has 0 amide bonds. The van der Waals surface area contributed by atoms with Crippen molar-refractivity contribution < 1.29 is 23.9 Å². The number of hydrogen-bond donors (Lipinski definition) is 0. The molecular formula is C16H15NO5. The summed E-state index contributed by atoms with van der Waals surface area (Å²) >= 11 is 0. The van der Waals surface area contributed by atoms with Gasteiger partial charge in [0.25, 0.3) is 0 Å². The maximum atomic E-state index is 12.6. The van der Waals surface area contributed by atoms with Gasteiger partial charge < -0.3 is 9.47 Å². The summed E-state index contributed by atoms with van der Waals surface area (Å²) in [6, 6.07) is 6.50. The van der Waals surface area contributed by atoms with Crippen LogP contribution in [-0.4, -0.2) is 31.9 Å². The molecule has 0 N–H and O–H groups in total. The van der Waals surface area contributed by atoms with Crippen LogP contribution in [0.4, 0.5) is 0 Å². The number of ether oxygens (including phenoxy) is 2. The molecule has 0 heterocycles. The van der Waals surface area contributed by atoms with Crippen LogP contribution in [0.15, 0.2) is 18.2 Å². The van der Waals surface area contributed by atoms with E-state index in [4.69, 9.17) is 10.00 Å². The van der Waals surface area contributed by atoms with Crippen molar-refractivity contribution in [1.29, 1.82) is 5.26 Å². The number of benzene rings is 1. The first kappa shape index (κ1) is 15.7. The van der Waals surface area contributed by atoms with Crippen LogP contribution in [0.2, 0.25) is 0 Å². The molecule has 1 aromatic rings. The molecule has 1 aliphatic rings. The van der Waals surface area contributed by atoms with Crippen LogP contribution in [0.5, 0.6) is 0 Å². The molecule has 22 heavy (non-hydrogen) atoms. The number of rotatable bonds is 4. The largest absolute Gasteiger partial charge is 0.468 e. The van der Waals surface area contributed by atoms with Gasteiger partial charge in [-0.15, -0.1) is 0 Å². The lowest BCUT2D eigenvalue weighted by Crippen LogP contribution is -2.38. The minimum Gasteiger partial charge on any atom is -0.468 e. The Morgan fingerprint density at radius 2 is 2.05 bits per heavy atom. The molecule has 114 valence electrons. The number of fused-ring (bicyclic) bond motifs is 1. The average molecular weight is 301 g/mol. The zero-order valence-corrected chi connectivity index (χ0v) is 12.3. The highest BCUT2D eigenvalue weighted by Gasteiger charge is 2.52. The number of esters is 2. The summed E-state index contributed by atoms with van der Waals surface area (Å²) < 4.78 is 9.42. The minimum atomic E-state index is -1.37. The van der Waals surface area contributed by atoms with Gasteiger partial charge in [0.05, 0.1) is 25.9 Å². The van der Waals surface area contributed by atoms with Gasteiger partial charge in [0.2, 0.25) is 0 Å². The van der Waals surface area contributed by atoms with E-state index in [0.29, 0.717) is 16.7 Å². The monoisotopic (exact) mass is 301 g/mol. The molecule has 0 radical (unpaired) electrons. The first-order valence-corrected chi connectivity index (χ1v) is 6.71. The molecule has 0 fully saturated rings. The number of nitriles is 1. The van der Waals surface area contributed by atoms with Crippen molar-refractivity contribution in [2.45, 2.75) is 19.3 Å². The average Bonchev–Trinajstić information content (AvgIpc) is 2.84. The Bertz CT molecular complexity index is 688. The number of Topliss-reactive ketones (excluding diaryl/α,β-unsaturated/α-hetero) is 1. The molecule has 0 aromatic heterocycles. The predicted octanol–water partition coefficient (Wildman–Crippen LogP) is 1.68. The van der Waals surface area contributed by atoms with E-state index in [9.17, 15) is 14.4 Å². The fraction of sp³-hybridized carbons (Fsp3) is 0.375. The third kappa shape index (κ3) is 2.35. The summed E-state index contributed by atoms with van der Waals surface area (Å²) in [7, 11) is 2.49. The summed E-state index contributed by atoms with van der Waals surface area (Å²) in [6.07, 6.45) is 0.288. The first-order valence-electron chi connectivity index (χ1n) is 6.71. The van der Waals surface area contributed by atoms with Crippen molar-refractivity contribution in [3.8, 4) is 6.07 Å². The third-order valence-corrected chi connectivity index (χ3v) is 3.94. The van der Waals surface area contributed by atoms with E-state index in [1.807, 2.05) is 6.07 Å². The van der Waals surface area contributed by atoms with Crippen molar-refractivity contribution in [2.24, 2.45) is 5.41 Å². The molecule has 6 heteroatoms. The number of hydrogen-bond acceptors (Lipinski definition) is 6. The third-order valence-electron chi connectivity index (χ3n) is 3.94. The first-order chi connectivity index (χ1) is 10.5. The second-order valence-corrected chi connectivity index (χ2v) is 5.10. The number of carbonyl (C=O) groups is 3. The van der Waals surface area contributed by atoms with Crippen LogP contribution in [0.25, 0.3) is 0 Å². The number of ketones is 1. The van der Waals surface area contributed by atoms with Crippen LogP contribution in [0, 0.1) is 16.7 Å². The maximum Gasteiger partial charge on any atom is 0.337 e. The molecule has 1 aliphatic carbocycles. The summed E-state index contributed by atoms with van der Waals surface area (Å²) in [6.45, 7) is 0. The standard InChI is InChI=1S/C16H15NO5/c1-21-14(19)10-4-5-12-11(8-10)9-16(13(12)18,6-3-7-17)15(20)22-2/h4-5,8H,3,6,9H2,1-2H3. The number of carbonyl (C=O) groups excluding carboxylic acids is 3. The normalized spacial score (nSPS) is 19.2. The van der Waals surface area contributed by atoms with E-state index in [0.717, 1.165) is 0 Å². The van der Waals surface area contributed by atoms with E-state index in [1.165, 1.54) is 26.4 Å². The van der Waals surface area contributed by atoms with Gasteiger partial charge in [-0.1, -0.05) is 6.07 Å². The molecule has 0 saturated heterocycles. The summed E-state index contributed by atoms with van der Waals surface area (Å²) in [5.74, 6) is -1.52. The Kier molecular flexibility index (Phi) is 4.27. The van der Waals surface area contributed by atoms with Gasteiger partial charge in [0, 0.05) is 12.0 Å². The van der Waals surface area contributed by atoms with Crippen molar-refractivity contribution in [3.05, 3.63) is 34.9 Å². The summed E-state index contributed by atoms with van der Waals surface area (Å²) in [4.78, 5) is 36.4. The van der Waals surface area contributed by atoms with Gasteiger partial charge in [-0.05, 0) is 30.5 Å². The van der Waals surface area contributed by atoms with Crippen molar-refractivity contribution in [1.82, 2.24) is 0 Å². The van der Waals surface area contributed by atoms with Crippen LogP contribution >= 0.6 is 0 Å². The van der Waals surface area contributed by atoms with E-state index in [-0.39, 0.29) is 25.0 Å². The Morgan fingerprint density at radius 3 is 2.64 bits per heavy atom. The molecule has 1 aromatic carbocycles. The number of methoxy groups -OCH3 is 2. The van der Waals surface area contributed by atoms with Gasteiger partial charge in [0.1, 0.15) is 5.41 Å². The fourth-order valence-corrected chi connectivity index (χ4v) is 2.80. The smallest absolute Gasteiger partial charge is 0.337 e. The highest BCUT2D eigenvalue weighted by molar-refractivity contribution is 6.16. The van der Waals surface area contributed by atoms with E-state index in [1.54, 1.807) is 6.07 Å². The minimum absolute atomic E-state index is 0.0681. The van der Waals surface area contributed by atoms with Gasteiger partial charge >= 0.3 is 11.9 Å². The Labute approximate surface area is 127 Å². The second kappa shape index (κ2) is 5.98. The zero-order valence-electron chi connectivity index (χ0n) is 12.3. The molecule has 0 aliphatic heterocycles. The fourth-order valence-electron chi connectivity index (χ4n) is 2.80. The predicted molar refractivity (Wildman–Crippen MR) is 75.1 cm³/mol. The lowest BCUT2D eigenvalue weighted by molar-refractivity contribution is -0.149. The number of nitrogens with zero attached hydrogens (tertiary/aromatic N) is 1. The molecule has 1 atom stereocenters. The van der Waals surface area contributed by atoms with Crippen LogP contribution in [0.3, 0.4) is 0 Å². The van der Waals surface area contributed by atoms with Crippen LogP contribution < -0.4 is 0 Å². The zero-order chi connectivity index (χ0) is 16.3.